The normalized spacial score (nSPS) is 18.3. The van der Waals surface area contributed by atoms with Crippen molar-refractivity contribution >= 4 is 16.9 Å². The summed E-state index contributed by atoms with van der Waals surface area (Å²) >= 11 is 0. The van der Waals surface area contributed by atoms with Crippen molar-refractivity contribution in [1.82, 2.24) is 25.0 Å². The number of nitrogens with one attached hydrogen (secondary N) is 1. The molecule has 1 saturated heterocycles. The van der Waals surface area contributed by atoms with E-state index in [0.29, 0.717) is 5.92 Å². The molecule has 1 aliphatic heterocycles. The second-order valence-electron chi connectivity index (χ2n) is 8.30. The average molecular weight is 370 g/mol. The number of likely N-dealkylation sites (tertiary alicyclic amines) is 1. The van der Waals surface area contributed by atoms with Gasteiger partial charge in [-0.05, 0) is 71.7 Å². The summed E-state index contributed by atoms with van der Waals surface area (Å²) in [5.74, 6) is 0.516. The summed E-state index contributed by atoms with van der Waals surface area (Å²) in [5, 5.41) is 8.47. The molecule has 0 atom stereocenters. The first-order valence-electron chi connectivity index (χ1n) is 10.5. The van der Waals surface area contributed by atoms with Gasteiger partial charge < -0.3 is 10.2 Å². The fourth-order valence-corrected chi connectivity index (χ4v) is 3.97. The first-order chi connectivity index (χ1) is 13.1. The Morgan fingerprint density at radius 3 is 2.74 bits per heavy atom. The Morgan fingerprint density at radius 2 is 2.04 bits per heavy atom. The lowest BCUT2D eigenvalue weighted by Crippen LogP contribution is -2.33. The number of pyridine rings is 1. The number of hydrogen-bond donors (Lipinski definition) is 1. The van der Waals surface area contributed by atoms with Gasteiger partial charge in [0.05, 0.1) is 17.1 Å². The first-order valence-corrected chi connectivity index (χ1v) is 10.5. The van der Waals surface area contributed by atoms with E-state index in [-0.39, 0.29) is 11.9 Å². The summed E-state index contributed by atoms with van der Waals surface area (Å²) in [6, 6.07) is 2.22. The molecule has 0 unspecified atom stereocenters. The zero-order valence-corrected chi connectivity index (χ0v) is 16.6. The second kappa shape index (κ2) is 7.97. The van der Waals surface area contributed by atoms with Gasteiger partial charge in [-0.25, -0.2) is 9.67 Å². The van der Waals surface area contributed by atoms with E-state index in [1.54, 1.807) is 6.20 Å². The lowest BCUT2D eigenvalue weighted by atomic mass is 10.1. The average Bonchev–Trinajstić information content (AvgIpc) is 3.44. The number of rotatable bonds is 7. The van der Waals surface area contributed by atoms with Gasteiger partial charge in [-0.15, -0.1) is 0 Å². The van der Waals surface area contributed by atoms with E-state index in [2.05, 4.69) is 29.2 Å². The van der Waals surface area contributed by atoms with E-state index in [1.807, 2.05) is 10.7 Å². The van der Waals surface area contributed by atoms with Crippen LogP contribution in [0.15, 0.2) is 12.3 Å². The minimum absolute atomic E-state index is 0.00579. The molecule has 0 spiro atoms. The monoisotopic (exact) mass is 369 g/mol. The van der Waals surface area contributed by atoms with E-state index >= 15 is 0 Å². The third-order valence-corrected chi connectivity index (χ3v) is 5.70. The maximum Gasteiger partial charge on any atom is 0.252 e. The van der Waals surface area contributed by atoms with E-state index in [1.165, 1.54) is 45.2 Å². The summed E-state index contributed by atoms with van der Waals surface area (Å²) in [5.41, 5.74) is 2.61. The van der Waals surface area contributed by atoms with Gasteiger partial charge in [0, 0.05) is 24.2 Å². The number of hydrogen-bond acceptors (Lipinski definition) is 4. The van der Waals surface area contributed by atoms with Gasteiger partial charge in [0.25, 0.3) is 5.91 Å². The Morgan fingerprint density at radius 1 is 1.26 bits per heavy atom. The highest BCUT2D eigenvalue weighted by atomic mass is 16.1. The highest BCUT2D eigenvalue weighted by Gasteiger charge is 2.28. The number of fused-ring (bicyclic) bond motifs is 1. The molecule has 6 heteroatoms. The molecule has 3 heterocycles. The smallest absolute Gasteiger partial charge is 0.252 e. The molecule has 0 radical (unpaired) electrons. The number of carbonyl (C=O) groups is 1. The van der Waals surface area contributed by atoms with Crippen molar-refractivity contribution in [3.63, 3.8) is 0 Å². The number of amides is 1. The molecule has 2 aliphatic rings. The van der Waals surface area contributed by atoms with Crippen LogP contribution >= 0.6 is 0 Å². The first kappa shape index (κ1) is 18.4. The van der Waals surface area contributed by atoms with Crippen LogP contribution in [-0.4, -0.2) is 51.8 Å². The summed E-state index contributed by atoms with van der Waals surface area (Å²) in [6.45, 7) is 8.40. The zero-order chi connectivity index (χ0) is 18.8. The standard InChI is InChI=1S/C21H31N5O/c1-15(2)26-20-18(14-23-26)17(13-19(24-20)16-7-8-16)21(27)22-9-6-12-25-10-4-3-5-11-25/h13-16H,3-12H2,1-2H3,(H,22,27). The molecule has 146 valence electrons. The van der Waals surface area contributed by atoms with Crippen LogP contribution in [0.3, 0.4) is 0 Å². The van der Waals surface area contributed by atoms with Crippen LogP contribution in [0.2, 0.25) is 0 Å². The Bertz CT molecular complexity index is 802. The molecule has 6 nitrogen and oxygen atoms in total. The van der Waals surface area contributed by atoms with E-state index < -0.39 is 0 Å². The fourth-order valence-electron chi connectivity index (χ4n) is 3.97. The molecule has 1 amide bonds. The molecule has 4 rings (SSSR count). The van der Waals surface area contributed by atoms with Crippen molar-refractivity contribution in [2.24, 2.45) is 0 Å². The van der Waals surface area contributed by atoms with Crippen molar-refractivity contribution in [2.75, 3.05) is 26.2 Å². The summed E-state index contributed by atoms with van der Waals surface area (Å²) in [6.07, 6.45) is 9.12. The van der Waals surface area contributed by atoms with E-state index in [0.717, 1.165) is 41.8 Å². The molecule has 0 bridgehead atoms. The highest BCUT2D eigenvalue weighted by molar-refractivity contribution is 6.05. The molecular weight excluding hydrogens is 338 g/mol. The van der Waals surface area contributed by atoms with Crippen molar-refractivity contribution in [3.05, 3.63) is 23.5 Å². The number of piperidine rings is 1. The van der Waals surface area contributed by atoms with Gasteiger partial charge in [0.15, 0.2) is 5.65 Å². The Kier molecular flexibility index (Phi) is 5.43. The predicted octanol–water partition coefficient (Wildman–Crippen LogP) is 3.50. The Balaban J connectivity index is 1.45. The predicted molar refractivity (Wildman–Crippen MR) is 107 cm³/mol. The van der Waals surface area contributed by atoms with Gasteiger partial charge >= 0.3 is 0 Å². The summed E-state index contributed by atoms with van der Waals surface area (Å²) in [7, 11) is 0. The van der Waals surface area contributed by atoms with Gasteiger partial charge in [0.1, 0.15) is 0 Å². The van der Waals surface area contributed by atoms with Crippen molar-refractivity contribution in [3.8, 4) is 0 Å². The van der Waals surface area contributed by atoms with Gasteiger partial charge in [0.2, 0.25) is 0 Å². The molecule has 27 heavy (non-hydrogen) atoms. The molecule has 2 aromatic rings. The van der Waals surface area contributed by atoms with Crippen molar-refractivity contribution in [1.29, 1.82) is 0 Å². The van der Waals surface area contributed by atoms with E-state index in [4.69, 9.17) is 4.98 Å². The molecule has 2 fully saturated rings. The second-order valence-corrected chi connectivity index (χ2v) is 8.30. The molecule has 0 aromatic carbocycles. The molecule has 1 N–H and O–H groups in total. The van der Waals surface area contributed by atoms with Crippen LogP contribution in [0, 0.1) is 0 Å². The highest BCUT2D eigenvalue weighted by Crippen LogP contribution is 2.40. The topological polar surface area (TPSA) is 63.1 Å². The summed E-state index contributed by atoms with van der Waals surface area (Å²) < 4.78 is 1.92. The zero-order valence-electron chi connectivity index (χ0n) is 16.6. The molecule has 2 aromatic heterocycles. The number of nitrogens with zero attached hydrogens (tertiary/aromatic N) is 4. The number of aromatic nitrogens is 3. The maximum absolute atomic E-state index is 12.9. The maximum atomic E-state index is 12.9. The van der Waals surface area contributed by atoms with Crippen molar-refractivity contribution < 1.29 is 4.79 Å². The van der Waals surface area contributed by atoms with Crippen LogP contribution in [-0.2, 0) is 0 Å². The van der Waals surface area contributed by atoms with Crippen LogP contribution in [0.5, 0.6) is 0 Å². The quantitative estimate of drug-likeness (QED) is 0.759. The van der Waals surface area contributed by atoms with Gasteiger partial charge in [-0.1, -0.05) is 6.42 Å². The van der Waals surface area contributed by atoms with Crippen LogP contribution in [0.1, 0.15) is 80.4 Å². The van der Waals surface area contributed by atoms with Crippen LogP contribution in [0.4, 0.5) is 0 Å². The third kappa shape index (κ3) is 4.15. The fraction of sp³-hybridized carbons (Fsp3) is 0.667. The minimum atomic E-state index is 0.00579. The van der Waals surface area contributed by atoms with Gasteiger partial charge in [-0.3, -0.25) is 4.79 Å². The lowest BCUT2D eigenvalue weighted by molar-refractivity contribution is 0.0952. The molecular formula is C21H31N5O. The molecule has 1 saturated carbocycles. The van der Waals surface area contributed by atoms with E-state index in [9.17, 15) is 4.79 Å². The SMILES string of the molecule is CC(C)n1ncc2c(C(=O)NCCCN3CCCCC3)cc(C3CC3)nc21. The van der Waals surface area contributed by atoms with Crippen LogP contribution < -0.4 is 5.32 Å². The largest absolute Gasteiger partial charge is 0.352 e. The lowest BCUT2D eigenvalue weighted by Gasteiger charge is -2.26. The Hall–Kier alpha value is -1.95. The summed E-state index contributed by atoms with van der Waals surface area (Å²) in [4.78, 5) is 20.2. The van der Waals surface area contributed by atoms with Crippen LogP contribution in [0.25, 0.3) is 11.0 Å². The Labute approximate surface area is 161 Å². The third-order valence-electron chi connectivity index (χ3n) is 5.70. The van der Waals surface area contributed by atoms with Crippen molar-refractivity contribution in [2.45, 2.75) is 64.3 Å². The van der Waals surface area contributed by atoms with Gasteiger partial charge in [-0.2, -0.15) is 5.10 Å². The molecule has 1 aliphatic carbocycles. The number of carbonyl (C=O) groups excluding carboxylic acids is 1. The minimum Gasteiger partial charge on any atom is -0.352 e.